The van der Waals surface area contributed by atoms with Crippen molar-refractivity contribution < 1.29 is 14.3 Å². The normalized spacial score (nSPS) is 10.8. The Labute approximate surface area is 168 Å². The number of rotatable bonds is 5. The first-order valence-corrected chi connectivity index (χ1v) is 8.78. The number of nitrogens with zero attached hydrogens (tertiary/aromatic N) is 4. The van der Waals surface area contributed by atoms with Gasteiger partial charge in [0.1, 0.15) is 28.4 Å². The van der Waals surface area contributed by atoms with Crippen LogP contribution in [0.3, 0.4) is 0 Å². The van der Waals surface area contributed by atoms with Gasteiger partial charge in [0.05, 0.1) is 5.02 Å². The molecule has 0 fully saturated rings. The van der Waals surface area contributed by atoms with Crippen LogP contribution in [0.1, 0.15) is 16.1 Å². The third-order valence-electron chi connectivity index (χ3n) is 3.73. The van der Waals surface area contributed by atoms with Crippen LogP contribution in [-0.2, 0) is 11.3 Å². The van der Waals surface area contributed by atoms with Gasteiger partial charge in [-0.15, -0.1) is 10.2 Å². The van der Waals surface area contributed by atoms with Gasteiger partial charge in [-0.25, -0.2) is 4.79 Å². The fourth-order valence-electron chi connectivity index (χ4n) is 2.36. The van der Waals surface area contributed by atoms with E-state index in [0.29, 0.717) is 16.3 Å². The van der Waals surface area contributed by atoms with Crippen LogP contribution in [0.25, 0.3) is 11.0 Å². The van der Waals surface area contributed by atoms with Gasteiger partial charge in [0.2, 0.25) is 5.88 Å². The van der Waals surface area contributed by atoms with E-state index in [9.17, 15) is 4.79 Å². The Kier molecular flexibility index (Phi) is 5.05. The highest BCUT2D eigenvalue weighted by Crippen LogP contribution is 2.33. The first-order valence-electron chi connectivity index (χ1n) is 8.02. The number of halogens is 2. The molecule has 10 heteroatoms. The van der Waals surface area contributed by atoms with Crippen molar-refractivity contribution in [2.24, 2.45) is 0 Å². The molecule has 0 aliphatic rings. The average Bonchev–Trinajstić information content (AvgIpc) is 3.18. The lowest BCUT2D eigenvalue weighted by molar-refractivity contribution is 0.0464. The standard InChI is InChI=1S/C18H11Cl2N5O3/c19-11-2-1-3-15(17(11)20)28-16-7-6-13(21-24-16)18(26)27-9-10-4-5-12-14(8-10)23-25-22-12/h1-8H,9H2,(H,22,23,25). The van der Waals surface area contributed by atoms with Crippen molar-refractivity contribution in [3.05, 3.63) is 69.8 Å². The van der Waals surface area contributed by atoms with Gasteiger partial charge >= 0.3 is 5.97 Å². The minimum absolute atomic E-state index is 0.0482. The molecule has 8 nitrogen and oxygen atoms in total. The fourth-order valence-corrected chi connectivity index (χ4v) is 2.69. The Hall–Kier alpha value is -3.23. The summed E-state index contributed by atoms with van der Waals surface area (Å²) in [6.45, 7) is 0.0691. The molecule has 4 rings (SSSR count). The number of nitrogens with one attached hydrogen (secondary N) is 1. The maximum absolute atomic E-state index is 12.2. The Morgan fingerprint density at radius 3 is 2.68 bits per heavy atom. The molecule has 0 saturated carbocycles. The average molecular weight is 416 g/mol. The second kappa shape index (κ2) is 7.79. The van der Waals surface area contributed by atoms with Crippen LogP contribution in [0.5, 0.6) is 11.6 Å². The second-order valence-electron chi connectivity index (χ2n) is 5.63. The van der Waals surface area contributed by atoms with Crippen LogP contribution in [0.15, 0.2) is 48.5 Å². The van der Waals surface area contributed by atoms with Crippen molar-refractivity contribution in [1.82, 2.24) is 25.6 Å². The summed E-state index contributed by atoms with van der Waals surface area (Å²) in [5, 5.41) is 18.8. The molecular weight excluding hydrogens is 405 g/mol. The smallest absolute Gasteiger partial charge is 0.359 e. The first kappa shape index (κ1) is 18.1. The van der Waals surface area contributed by atoms with E-state index in [-0.39, 0.29) is 23.2 Å². The van der Waals surface area contributed by atoms with Gasteiger partial charge in [-0.05, 0) is 35.9 Å². The molecule has 2 aromatic heterocycles. The van der Waals surface area contributed by atoms with Crippen molar-refractivity contribution in [2.45, 2.75) is 6.61 Å². The highest BCUT2D eigenvalue weighted by atomic mass is 35.5. The third-order valence-corrected chi connectivity index (χ3v) is 4.53. The van der Waals surface area contributed by atoms with Crippen molar-refractivity contribution >= 4 is 40.2 Å². The largest absolute Gasteiger partial charge is 0.456 e. The number of carbonyl (C=O) groups excluding carboxylic acids is 1. The van der Waals surface area contributed by atoms with Crippen LogP contribution in [0.2, 0.25) is 10.0 Å². The molecule has 1 N–H and O–H groups in total. The highest BCUT2D eigenvalue weighted by molar-refractivity contribution is 6.42. The van der Waals surface area contributed by atoms with Crippen LogP contribution in [0.4, 0.5) is 0 Å². The zero-order chi connectivity index (χ0) is 19.5. The molecule has 140 valence electrons. The molecule has 0 radical (unpaired) electrons. The van der Waals surface area contributed by atoms with Crippen LogP contribution >= 0.6 is 23.2 Å². The molecule has 0 atom stereocenters. The number of carbonyl (C=O) groups is 1. The van der Waals surface area contributed by atoms with E-state index in [4.69, 9.17) is 32.7 Å². The quantitative estimate of drug-likeness (QED) is 0.487. The lowest BCUT2D eigenvalue weighted by atomic mass is 10.2. The predicted molar refractivity (Wildman–Crippen MR) is 102 cm³/mol. The summed E-state index contributed by atoms with van der Waals surface area (Å²) in [7, 11) is 0. The molecule has 28 heavy (non-hydrogen) atoms. The molecule has 0 aliphatic carbocycles. The van der Waals surface area contributed by atoms with Crippen LogP contribution < -0.4 is 4.74 Å². The minimum atomic E-state index is -0.611. The summed E-state index contributed by atoms with van der Waals surface area (Å²) in [6.07, 6.45) is 0. The monoisotopic (exact) mass is 415 g/mol. The van der Waals surface area contributed by atoms with Gasteiger partial charge < -0.3 is 9.47 Å². The number of hydrogen-bond acceptors (Lipinski definition) is 7. The maximum atomic E-state index is 12.2. The number of hydrogen-bond donors (Lipinski definition) is 1. The van der Waals surface area contributed by atoms with E-state index >= 15 is 0 Å². The minimum Gasteiger partial charge on any atom is -0.456 e. The Morgan fingerprint density at radius 1 is 1.00 bits per heavy atom. The zero-order valence-corrected chi connectivity index (χ0v) is 15.6. The SMILES string of the molecule is O=C(OCc1ccc2n[nH]nc2c1)c1ccc(Oc2cccc(Cl)c2Cl)nn1. The fraction of sp³-hybridized carbons (Fsp3) is 0.0556. The van der Waals surface area contributed by atoms with Gasteiger partial charge in [-0.2, -0.15) is 15.4 Å². The van der Waals surface area contributed by atoms with Crippen molar-refractivity contribution in [2.75, 3.05) is 0 Å². The molecule has 2 heterocycles. The molecule has 0 unspecified atom stereocenters. The molecular formula is C18H11Cl2N5O3. The van der Waals surface area contributed by atoms with E-state index in [1.54, 1.807) is 36.4 Å². The molecule has 0 aliphatic heterocycles. The number of aromatic amines is 1. The summed E-state index contributed by atoms with van der Waals surface area (Å²) < 4.78 is 10.8. The number of esters is 1. The molecule has 0 saturated heterocycles. The lowest BCUT2D eigenvalue weighted by Gasteiger charge is -2.07. The molecule has 0 bridgehead atoms. The number of ether oxygens (including phenoxy) is 2. The second-order valence-corrected chi connectivity index (χ2v) is 6.42. The van der Waals surface area contributed by atoms with E-state index in [2.05, 4.69) is 25.6 Å². The molecule has 0 spiro atoms. The van der Waals surface area contributed by atoms with Crippen molar-refractivity contribution in [3.63, 3.8) is 0 Å². The summed E-state index contributed by atoms with van der Waals surface area (Å²) in [4.78, 5) is 12.2. The topological polar surface area (TPSA) is 103 Å². The summed E-state index contributed by atoms with van der Waals surface area (Å²) in [5.74, 6) is -0.112. The molecule has 4 aromatic rings. The van der Waals surface area contributed by atoms with E-state index in [1.807, 2.05) is 0 Å². The third kappa shape index (κ3) is 3.88. The van der Waals surface area contributed by atoms with Gasteiger partial charge in [0.15, 0.2) is 5.69 Å². The Balaban J connectivity index is 1.40. The van der Waals surface area contributed by atoms with E-state index in [1.165, 1.54) is 12.1 Å². The van der Waals surface area contributed by atoms with E-state index in [0.717, 1.165) is 11.1 Å². The maximum Gasteiger partial charge on any atom is 0.359 e. The number of H-pyrrole nitrogens is 1. The molecule has 0 amide bonds. The van der Waals surface area contributed by atoms with Gasteiger partial charge in [-0.1, -0.05) is 35.3 Å². The molecule has 2 aromatic carbocycles. The van der Waals surface area contributed by atoms with Crippen LogP contribution in [0, 0.1) is 0 Å². The number of aromatic nitrogens is 5. The van der Waals surface area contributed by atoms with Crippen molar-refractivity contribution in [3.8, 4) is 11.6 Å². The summed E-state index contributed by atoms with van der Waals surface area (Å²) in [6, 6.07) is 13.3. The van der Waals surface area contributed by atoms with Crippen LogP contribution in [-0.4, -0.2) is 31.6 Å². The number of benzene rings is 2. The highest BCUT2D eigenvalue weighted by Gasteiger charge is 2.13. The first-order chi connectivity index (χ1) is 13.6. The Bertz CT molecular complexity index is 1150. The lowest BCUT2D eigenvalue weighted by Crippen LogP contribution is -2.08. The van der Waals surface area contributed by atoms with E-state index < -0.39 is 5.97 Å². The van der Waals surface area contributed by atoms with Gasteiger partial charge in [-0.3, -0.25) is 0 Å². The summed E-state index contributed by atoms with van der Waals surface area (Å²) >= 11 is 12.0. The predicted octanol–water partition coefficient (Wildman–Crippen LogP) is 4.20. The zero-order valence-electron chi connectivity index (χ0n) is 14.1. The van der Waals surface area contributed by atoms with Gasteiger partial charge in [0, 0.05) is 6.07 Å². The van der Waals surface area contributed by atoms with Gasteiger partial charge in [0.25, 0.3) is 0 Å². The Morgan fingerprint density at radius 2 is 1.86 bits per heavy atom. The number of fused-ring (bicyclic) bond motifs is 1. The summed E-state index contributed by atoms with van der Waals surface area (Å²) in [5.41, 5.74) is 2.25. The van der Waals surface area contributed by atoms with Crippen molar-refractivity contribution in [1.29, 1.82) is 0 Å².